The summed E-state index contributed by atoms with van der Waals surface area (Å²) in [6.45, 7) is 6.27. The minimum Gasteiger partial charge on any atom is -0.299 e. The van der Waals surface area contributed by atoms with Crippen LogP contribution in [-0.4, -0.2) is 14.8 Å². The lowest BCUT2D eigenvalue weighted by molar-refractivity contribution is 0.537. The van der Waals surface area contributed by atoms with Crippen LogP contribution >= 0.6 is 0 Å². The molecule has 0 aliphatic carbocycles. The molecule has 0 saturated carbocycles. The molecule has 22 heavy (non-hydrogen) atoms. The Morgan fingerprint density at radius 1 is 1.41 bits per heavy atom. The van der Waals surface area contributed by atoms with Crippen molar-refractivity contribution < 1.29 is 4.39 Å². The third kappa shape index (κ3) is 3.42. The summed E-state index contributed by atoms with van der Waals surface area (Å²) >= 11 is 0. The monoisotopic (exact) mass is 302 g/mol. The number of rotatable bonds is 4. The number of aromatic amines is 1. The molecule has 0 saturated heterocycles. The Kier molecular flexibility index (Phi) is 4.45. The predicted octanol–water partition coefficient (Wildman–Crippen LogP) is 2.51. The highest BCUT2D eigenvalue weighted by Gasteiger charge is 2.24. The molecule has 5 nitrogen and oxygen atoms in total. The molecule has 1 N–H and O–H groups in total. The molecule has 0 aliphatic heterocycles. The van der Waals surface area contributed by atoms with E-state index in [1.165, 1.54) is 10.7 Å². The molecule has 0 amide bonds. The molecule has 0 radical (unpaired) electrons. The summed E-state index contributed by atoms with van der Waals surface area (Å²) in [5, 5.41) is 11.9. The first-order valence-electron chi connectivity index (χ1n) is 7.12. The Hall–Kier alpha value is -2.42. The molecule has 0 spiro atoms. The van der Waals surface area contributed by atoms with E-state index in [0.717, 1.165) is 11.9 Å². The molecule has 2 rings (SSSR count). The van der Waals surface area contributed by atoms with E-state index in [1.807, 2.05) is 20.8 Å². The molecular weight excluding hydrogens is 283 g/mol. The second-order valence-corrected chi connectivity index (χ2v) is 6.23. The lowest BCUT2D eigenvalue weighted by Crippen LogP contribution is -2.20. The second-order valence-electron chi connectivity index (χ2n) is 6.23. The number of nitrogens with zero attached hydrogens (tertiary/aromatic N) is 3. The zero-order valence-corrected chi connectivity index (χ0v) is 13.0. The summed E-state index contributed by atoms with van der Waals surface area (Å²) < 4.78 is 14.4. The average Bonchev–Trinajstić information content (AvgIpc) is 2.76. The van der Waals surface area contributed by atoms with Gasteiger partial charge in [0.05, 0.1) is 24.5 Å². The summed E-state index contributed by atoms with van der Waals surface area (Å²) in [6.07, 6.45) is 1.85. The van der Waals surface area contributed by atoms with Gasteiger partial charge in [0.2, 0.25) is 0 Å². The van der Waals surface area contributed by atoms with Crippen molar-refractivity contribution in [3.63, 3.8) is 0 Å². The second kappa shape index (κ2) is 6.14. The molecular formula is C16H19FN4O. The zero-order chi connectivity index (χ0) is 16.3. The van der Waals surface area contributed by atoms with Crippen molar-refractivity contribution in [2.24, 2.45) is 0 Å². The van der Waals surface area contributed by atoms with Crippen molar-refractivity contribution >= 4 is 0 Å². The van der Waals surface area contributed by atoms with Gasteiger partial charge in [-0.3, -0.25) is 14.9 Å². The Morgan fingerprint density at radius 3 is 2.68 bits per heavy atom. The van der Waals surface area contributed by atoms with Gasteiger partial charge in [-0.25, -0.2) is 9.07 Å². The summed E-state index contributed by atoms with van der Waals surface area (Å²) in [5.74, 6) is -0.410. The number of nitrogens with one attached hydrogen (secondary N) is 1. The van der Waals surface area contributed by atoms with Gasteiger partial charge in [-0.1, -0.05) is 20.8 Å². The molecule has 6 heteroatoms. The third-order valence-electron chi connectivity index (χ3n) is 3.40. The molecule has 2 aromatic heterocycles. The minimum atomic E-state index is -0.410. The quantitative estimate of drug-likeness (QED) is 0.943. The first-order valence-corrected chi connectivity index (χ1v) is 7.12. The van der Waals surface area contributed by atoms with E-state index in [4.69, 9.17) is 5.26 Å². The summed E-state index contributed by atoms with van der Waals surface area (Å²) in [5.41, 5.74) is 1.68. The highest BCUT2D eigenvalue weighted by molar-refractivity contribution is 5.25. The Bertz CT molecular complexity index is 744. The number of hydrogen-bond acceptors (Lipinski definition) is 3. The van der Waals surface area contributed by atoms with E-state index < -0.39 is 5.82 Å². The molecule has 0 aliphatic rings. The van der Waals surface area contributed by atoms with Gasteiger partial charge in [0.25, 0.3) is 5.56 Å². The average molecular weight is 302 g/mol. The minimum absolute atomic E-state index is 0.147. The number of hydrogen-bond donors (Lipinski definition) is 1. The van der Waals surface area contributed by atoms with Crippen molar-refractivity contribution in [3.8, 4) is 6.07 Å². The van der Waals surface area contributed by atoms with Crippen LogP contribution in [0, 0.1) is 17.1 Å². The largest absolute Gasteiger partial charge is 0.299 e. The van der Waals surface area contributed by atoms with E-state index in [1.54, 1.807) is 6.07 Å². The molecule has 0 bridgehead atoms. The third-order valence-corrected chi connectivity index (χ3v) is 3.40. The van der Waals surface area contributed by atoms with Gasteiger partial charge >= 0.3 is 0 Å². The van der Waals surface area contributed by atoms with Crippen molar-refractivity contribution in [1.82, 2.24) is 14.8 Å². The maximum Gasteiger partial charge on any atom is 0.270 e. The van der Waals surface area contributed by atoms with Crippen LogP contribution in [0.2, 0.25) is 0 Å². The van der Waals surface area contributed by atoms with Gasteiger partial charge in [0.15, 0.2) is 0 Å². The number of nitriles is 1. The standard InChI is InChI=1S/C16H19FN4O/c1-16(2,3)14-13(5-4-8-18)15(22)21(20-14)10-12-7-6-11(17)9-19-12/h6-7,9,20H,4-5,10H2,1-3H3. The van der Waals surface area contributed by atoms with E-state index in [2.05, 4.69) is 16.2 Å². The lowest BCUT2D eigenvalue weighted by Gasteiger charge is -2.18. The number of pyridine rings is 1. The van der Waals surface area contributed by atoms with Gasteiger partial charge < -0.3 is 0 Å². The molecule has 2 aromatic rings. The van der Waals surface area contributed by atoms with E-state index in [9.17, 15) is 9.18 Å². The Labute approximate surface area is 128 Å². The van der Waals surface area contributed by atoms with Gasteiger partial charge in [-0.2, -0.15) is 5.26 Å². The van der Waals surface area contributed by atoms with E-state index in [-0.39, 0.29) is 17.5 Å². The normalized spacial score (nSPS) is 11.4. The number of halogens is 1. The highest BCUT2D eigenvalue weighted by Crippen LogP contribution is 2.23. The van der Waals surface area contributed by atoms with Gasteiger partial charge in [0.1, 0.15) is 5.82 Å². The van der Waals surface area contributed by atoms with E-state index in [0.29, 0.717) is 24.1 Å². The van der Waals surface area contributed by atoms with Crippen molar-refractivity contribution in [3.05, 3.63) is 51.5 Å². The van der Waals surface area contributed by atoms with Crippen LogP contribution in [0.1, 0.15) is 44.1 Å². The fourth-order valence-electron chi connectivity index (χ4n) is 2.33. The van der Waals surface area contributed by atoms with Crippen molar-refractivity contribution in [2.45, 2.75) is 45.6 Å². The van der Waals surface area contributed by atoms with Gasteiger partial charge in [-0.05, 0) is 18.6 Å². The molecule has 0 unspecified atom stereocenters. The van der Waals surface area contributed by atoms with Crippen molar-refractivity contribution in [1.29, 1.82) is 5.26 Å². The molecule has 0 aromatic carbocycles. The van der Waals surface area contributed by atoms with Crippen molar-refractivity contribution in [2.75, 3.05) is 0 Å². The molecule has 0 fully saturated rings. The topological polar surface area (TPSA) is 74.5 Å². The number of aromatic nitrogens is 3. The first kappa shape index (κ1) is 16.0. The fraction of sp³-hybridized carbons (Fsp3) is 0.438. The molecule has 0 atom stereocenters. The smallest absolute Gasteiger partial charge is 0.270 e. The van der Waals surface area contributed by atoms with Gasteiger partial charge in [-0.15, -0.1) is 0 Å². The predicted molar refractivity (Wildman–Crippen MR) is 81.0 cm³/mol. The van der Waals surface area contributed by atoms with Crippen LogP contribution < -0.4 is 5.56 Å². The molecule has 2 heterocycles. The van der Waals surface area contributed by atoms with E-state index >= 15 is 0 Å². The summed E-state index contributed by atoms with van der Waals surface area (Å²) in [6, 6.07) is 4.94. The lowest BCUT2D eigenvalue weighted by atomic mass is 9.88. The fourth-order valence-corrected chi connectivity index (χ4v) is 2.33. The Morgan fingerprint density at radius 2 is 2.14 bits per heavy atom. The maximum atomic E-state index is 12.9. The van der Waals surface area contributed by atoms with Crippen LogP contribution in [0.25, 0.3) is 0 Å². The van der Waals surface area contributed by atoms with Crippen LogP contribution in [0.5, 0.6) is 0 Å². The summed E-state index contributed by atoms with van der Waals surface area (Å²) in [7, 11) is 0. The Balaban J connectivity index is 2.40. The maximum absolute atomic E-state index is 12.9. The van der Waals surface area contributed by atoms with Gasteiger partial charge in [0, 0.05) is 23.1 Å². The number of H-pyrrole nitrogens is 1. The van der Waals surface area contributed by atoms with Crippen LogP contribution in [0.15, 0.2) is 23.1 Å². The van der Waals surface area contributed by atoms with Crippen LogP contribution in [0.4, 0.5) is 4.39 Å². The van der Waals surface area contributed by atoms with Crippen LogP contribution in [0.3, 0.4) is 0 Å². The molecule has 116 valence electrons. The highest BCUT2D eigenvalue weighted by atomic mass is 19.1. The first-order chi connectivity index (χ1) is 10.3. The summed E-state index contributed by atoms with van der Waals surface area (Å²) in [4.78, 5) is 16.5. The SMILES string of the molecule is CC(C)(C)c1[nH]n(Cc2ccc(F)cn2)c(=O)c1CCC#N. The van der Waals surface area contributed by atoms with Crippen LogP contribution in [-0.2, 0) is 18.4 Å². The zero-order valence-electron chi connectivity index (χ0n) is 13.0.